The lowest BCUT2D eigenvalue weighted by molar-refractivity contribution is 0.0690. The Bertz CT molecular complexity index is 494. The van der Waals surface area contributed by atoms with Crippen LogP contribution in [0.2, 0.25) is 0 Å². The molecule has 0 aliphatic heterocycles. The largest absolute Gasteiger partial charge is 0.476 e. The Morgan fingerprint density at radius 3 is 2.74 bits per heavy atom. The van der Waals surface area contributed by atoms with Crippen LogP contribution < -0.4 is 4.90 Å². The van der Waals surface area contributed by atoms with E-state index in [1.54, 1.807) is 4.90 Å². The standard InChI is InChI=1S/C13H18N4O2/c1-4-17(7-5-6-14)10-8-15-12(9(2)3)16-11(10)13(18)19/h8-9H,4-5,7H2,1-3H3,(H,18,19). The van der Waals surface area contributed by atoms with E-state index in [0.717, 1.165) is 0 Å². The van der Waals surface area contributed by atoms with Gasteiger partial charge in [0.15, 0.2) is 5.69 Å². The van der Waals surface area contributed by atoms with Crippen molar-refractivity contribution in [1.82, 2.24) is 9.97 Å². The summed E-state index contributed by atoms with van der Waals surface area (Å²) in [6.07, 6.45) is 1.87. The zero-order chi connectivity index (χ0) is 14.4. The molecule has 1 aromatic rings. The summed E-state index contributed by atoms with van der Waals surface area (Å²) in [4.78, 5) is 21.4. The highest BCUT2D eigenvalue weighted by Crippen LogP contribution is 2.20. The number of nitrogens with zero attached hydrogens (tertiary/aromatic N) is 4. The van der Waals surface area contributed by atoms with Gasteiger partial charge in [0.2, 0.25) is 0 Å². The molecule has 0 spiro atoms. The number of aromatic carboxylic acids is 1. The van der Waals surface area contributed by atoms with Gasteiger partial charge >= 0.3 is 5.97 Å². The van der Waals surface area contributed by atoms with Crippen molar-refractivity contribution >= 4 is 11.7 Å². The number of aromatic nitrogens is 2. The van der Waals surface area contributed by atoms with Crippen molar-refractivity contribution in [3.8, 4) is 6.07 Å². The van der Waals surface area contributed by atoms with Crippen molar-refractivity contribution in [2.24, 2.45) is 0 Å². The van der Waals surface area contributed by atoms with Gasteiger partial charge in [-0.15, -0.1) is 0 Å². The van der Waals surface area contributed by atoms with Gasteiger partial charge in [-0.1, -0.05) is 13.8 Å². The molecule has 1 N–H and O–H groups in total. The molecule has 6 nitrogen and oxygen atoms in total. The van der Waals surface area contributed by atoms with Gasteiger partial charge in [-0.25, -0.2) is 14.8 Å². The molecule has 19 heavy (non-hydrogen) atoms. The summed E-state index contributed by atoms with van der Waals surface area (Å²) in [6, 6.07) is 2.05. The fourth-order valence-electron chi connectivity index (χ4n) is 1.69. The molecule has 102 valence electrons. The van der Waals surface area contributed by atoms with E-state index in [0.29, 0.717) is 31.0 Å². The molecule has 0 aliphatic rings. The molecule has 0 atom stereocenters. The SMILES string of the molecule is CCN(CCC#N)c1cnc(C(C)C)nc1C(=O)O. The van der Waals surface area contributed by atoms with Crippen molar-refractivity contribution < 1.29 is 9.90 Å². The quantitative estimate of drug-likeness (QED) is 0.843. The van der Waals surface area contributed by atoms with Crippen LogP contribution in [0.4, 0.5) is 5.69 Å². The summed E-state index contributed by atoms with van der Waals surface area (Å²) in [7, 11) is 0. The molecule has 1 heterocycles. The zero-order valence-electron chi connectivity index (χ0n) is 11.4. The summed E-state index contributed by atoms with van der Waals surface area (Å²) >= 11 is 0. The van der Waals surface area contributed by atoms with Gasteiger partial charge in [0, 0.05) is 19.0 Å². The molecule has 0 unspecified atom stereocenters. The normalized spacial score (nSPS) is 10.3. The third-order valence-corrected chi connectivity index (χ3v) is 2.72. The van der Waals surface area contributed by atoms with Crippen LogP contribution in [-0.4, -0.2) is 34.1 Å². The van der Waals surface area contributed by atoms with Gasteiger partial charge in [-0.3, -0.25) is 0 Å². The lowest BCUT2D eigenvalue weighted by atomic mass is 10.2. The maximum atomic E-state index is 11.3. The van der Waals surface area contributed by atoms with Crippen molar-refractivity contribution in [3.05, 3.63) is 17.7 Å². The Labute approximate surface area is 112 Å². The van der Waals surface area contributed by atoms with Gasteiger partial charge in [0.05, 0.1) is 24.4 Å². The van der Waals surface area contributed by atoms with E-state index in [4.69, 9.17) is 5.26 Å². The lowest BCUT2D eigenvalue weighted by Crippen LogP contribution is -2.27. The summed E-state index contributed by atoms with van der Waals surface area (Å²) in [5.41, 5.74) is 0.466. The highest BCUT2D eigenvalue weighted by molar-refractivity contribution is 5.92. The number of carboxylic acid groups (broad SMARTS) is 1. The molecule has 6 heteroatoms. The number of nitriles is 1. The van der Waals surface area contributed by atoms with Crippen LogP contribution in [0.5, 0.6) is 0 Å². The average Bonchev–Trinajstić information content (AvgIpc) is 2.39. The Balaban J connectivity index is 3.18. The van der Waals surface area contributed by atoms with Gasteiger partial charge in [-0.2, -0.15) is 5.26 Å². The first-order chi connectivity index (χ1) is 9.01. The van der Waals surface area contributed by atoms with Crippen LogP contribution in [0.15, 0.2) is 6.20 Å². The van der Waals surface area contributed by atoms with Crippen LogP contribution >= 0.6 is 0 Å². The highest BCUT2D eigenvalue weighted by atomic mass is 16.4. The van der Waals surface area contributed by atoms with Crippen molar-refractivity contribution in [3.63, 3.8) is 0 Å². The molecule has 0 saturated carbocycles. The number of carbonyl (C=O) groups is 1. The third kappa shape index (κ3) is 3.65. The van der Waals surface area contributed by atoms with Crippen molar-refractivity contribution in [2.45, 2.75) is 33.1 Å². The van der Waals surface area contributed by atoms with Crippen molar-refractivity contribution in [1.29, 1.82) is 5.26 Å². The number of hydrogen-bond acceptors (Lipinski definition) is 5. The first kappa shape index (κ1) is 14.9. The van der Waals surface area contributed by atoms with E-state index in [1.807, 2.05) is 20.8 Å². The van der Waals surface area contributed by atoms with E-state index in [-0.39, 0.29) is 11.6 Å². The van der Waals surface area contributed by atoms with Gasteiger partial charge < -0.3 is 10.0 Å². The van der Waals surface area contributed by atoms with E-state index < -0.39 is 5.97 Å². The number of carboxylic acids is 1. The first-order valence-electron chi connectivity index (χ1n) is 6.23. The molecular weight excluding hydrogens is 244 g/mol. The van der Waals surface area contributed by atoms with Gasteiger partial charge in [0.1, 0.15) is 5.82 Å². The van der Waals surface area contributed by atoms with Crippen LogP contribution in [0, 0.1) is 11.3 Å². The molecule has 0 aromatic carbocycles. The Hall–Kier alpha value is -2.16. The highest BCUT2D eigenvalue weighted by Gasteiger charge is 2.19. The van der Waals surface area contributed by atoms with E-state index in [9.17, 15) is 9.90 Å². The average molecular weight is 262 g/mol. The maximum absolute atomic E-state index is 11.3. The lowest BCUT2D eigenvalue weighted by Gasteiger charge is -2.23. The molecule has 0 amide bonds. The Kier molecular flexibility index (Phi) is 5.24. The molecule has 1 aromatic heterocycles. The van der Waals surface area contributed by atoms with Crippen LogP contribution in [-0.2, 0) is 0 Å². The van der Waals surface area contributed by atoms with E-state index in [2.05, 4.69) is 16.0 Å². The summed E-state index contributed by atoms with van der Waals surface area (Å²) in [6.45, 7) is 6.80. The van der Waals surface area contributed by atoms with Gasteiger partial charge in [-0.05, 0) is 6.92 Å². The maximum Gasteiger partial charge on any atom is 0.356 e. The minimum absolute atomic E-state index is 0.00140. The van der Waals surface area contributed by atoms with Crippen LogP contribution in [0.3, 0.4) is 0 Å². The molecule has 0 radical (unpaired) electrons. The van der Waals surface area contributed by atoms with Gasteiger partial charge in [0.25, 0.3) is 0 Å². The summed E-state index contributed by atoms with van der Waals surface area (Å²) in [5.74, 6) is -0.492. The molecule has 0 saturated heterocycles. The molecule has 0 fully saturated rings. The summed E-state index contributed by atoms with van der Waals surface area (Å²) < 4.78 is 0. The smallest absolute Gasteiger partial charge is 0.356 e. The Morgan fingerprint density at radius 1 is 1.58 bits per heavy atom. The number of hydrogen-bond donors (Lipinski definition) is 1. The monoisotopic (exact) mass is 262 g/mol. The topological polar surface area (TPSA) is 90.1 Å². The second kappa shape index (κ2) is 6.69. The third-order valence-electron chi connectivity index (χ3n) is 2.72. The van der Waals surface area contributed by atoms with Crippen LogP contribution in [0.25, 0.3) is 0 Å². The fourth-order valence-corrected chi connectivity index (χ4v) is 1.69. The second-order valence-corrected chi connectivity index (χ2v) is 4.41. The molecular formula is C13H18N4O2. The van der Waals surface area contributed by atoms with Crippen molar-refractivity contribution in [2.75, 3.05) is 18.0 Å². The minimum atomic E-state index is -1.07. The molecule has 1 rings (SSSR count). The van der Waals surface area contributed by atoms with E-state index in [1.165, 1.54) is 6.20 Å². The first-order valence-corrected chi connectivity index (χ1v) is 6.23. The number of anilines is 1. The second-order valence-electron chi connectivity index (χ2n) is 4.41. The fraction of sp³-hybridized carbons (Fsp3) is 0.538. The predicted octanol–water partition coefficient (Wildman–Crippen LogP) is 2.04. The minimum Gasteiger partial charge on any atom is -0.476 e. The predicted molar refractivity (Wildman–Crippen MR) is 71.2 cm³/mol. The summed E-state index contributed by atoms with van der Waals surface area (Å²) in [5, 5.41) is 17.9. The van der Waals surface area contributed by atoms with E-state index >= 15 is 0 Å². The molecule has 0 bridgehead atoms. The Morgan fingerprint density at radius 2 is 2.26 bits per heavy atom. The van der Waals surface area contributed by atoms with Crippen LogP contribution in [0.1, 0.15) is 49.4 Å². The zero-order valence-corrected chi connectivity index (χ0v) is 11.4. The number of rotatable bonds is 6. The molecule has 0 aliphatic carbocycles.